The normalized spacial score (nSPS) is 22.8. The van der Waals surface area contributed by atoms with Gasteiger partial charge in [0, 0.05) is 13.2 Å². The van der Waals surface area contributed by atoms with Crippen LogP contribution in [-0.2, 0) is 21.3 Å². The van der Waals surface area contributed by atoms with Gasteiger partial charge in [-0.3, -0.25) is 4.79 Å². The molecule has 0 spiro atoms. The van der Waals surface area contributed by atoms with Crippen LogP contribution in [0.2, 0.25) is 0 Å². The molecule has 2 rings (SSSR count). The molecule has 1 aliphatic carbocycles. The first-order valence-electron chi connectivity index (χ1n) is 6.52. The molecule has 1 saturated carbocycles. The van der Waals surface area contributed by atoms with Gasteiger partial charge >= 0.3 is 11.9 Å². The summed E-state index contributed by atoms with van der Waals surface area (Å²) in [4.78, 5) is 23.5. The molecule has 5 heteroatoms. The van der Waals surface area contributed by atoms with Crippen molar-refractivity contribution < 1.29 is 19.1 Å². The van der Waals surface area contributed by atoms with Crippen LogP contribution in [0.5, 0.6) is 0 Å². The zero-order valence-corrected chi connectivity index (χ0v) is 11.3. The number of rotatable bonds is 3. The molecule has 1 fully saturated rings. The second-order valence-electron chi connectivity index (χ2n) is 4.92. The van der Waals surface area contributed by atoms with E-state index in [1.54, 1.807) is 29.9 Å². The van der Waals surface area contributed by atoms with Crippen LogP contribution >= 0.6 is 0 Å². The highest BCUT2D eigenvalue weighted by molar-refractivity contribution is 5.87. The lowest BCUT2D eigenvalue weighted by Crippen LogP contribution is -2.30. The van der Waals surface area contributed by atoms with Gasteiger partial charge in [-0.1, -0.05) is 0 Å². The number of hydrogen-bond acceptors (Lipinski definition) is 4. The summed E-state index contributed by atoms with van der Waals surface area (Å²) < 4.78 is 11.9. The van der Waals surface area contributed by atoms with Gasteiger partial charge in [-0.25, -0.2) is 4.79 Å². The van der Waals surface area contributed by atoms with Crippen molar-refractivity contribution in [2.24, 2.45) is 13.0 Å². The molecule has 1 aromatic rings. The molecule has 104 valence electrons. The highest BCUT2D eigenvalue weighted by atomic mass is 16.5. The van der Waals surface area contributed by atoms with Gasteiger partial charge in [-0.05, 0) is 37.8 Å². The first kappa shape index (κ1) is 13.6. The number of ether oxygens (including phenoxy) is 2. The molecule has 1 aromatic heterocycles. The Bertz CT molecular complexity index is 466. The third kappa shape index (κ3) is 3.16. The fraction of sp³-hybridized carbons (Fsp3) is 0.571. The number of hydrogen-bond donors (Lipinski definition) is 0. The zero-order chi connectivity index (χ0) is 13.8. The standard InChI is InChI=1S/C14H19NO4/c1-15-8-4-7-12(15)14(17)19-11-6-3-5-10(9-11)13(16)18-2/h4,7-8,10-11H,3,5-6,9H2,1-2H3/t10-,11+/m1/s1. The quantitative estimate of drug-likeness (QED) is 0.783. The maximum atomic E-state index is 12.0. The van der Waals surface area contributed by atoms with Crippen molar-refractivity contribution in [3.05, 3.63) is 24.0 Å². The van der Waals surface area contributed by atoms with Gasteiger partial charge in [0.2, 0.25) is 0 Å². The summed E-state index contributed by atoms with van der Waals surface area (Å²) in [6.07, 6.45) is 4.66. The minimum Gasteiger partial charge on any atom is -0.469 e. The summed E-state index contributed by atoms with van der Waals surface area (Å²) in [5, 5.41) is 0. The summed E-state index contributed by atoms with van der Waals surface area (Å²) in [5.41, 5.74) is 0.528. The van der Waals surface area contributed by atoms with E-state index in [1.807, 2.05) is 0 Å². The van der Waals surface area contributed by atoms with Crippen LogP contribution in [0.1, 0.15) is 36.2 Å². The SMILES string of the molecule is COC(=O)[C@@H]1CCC[C@H](OC(=O)c2cccn2C)C1. The van der Waals surface area contributed by atoms with E-state index in [0.29, 0.717) is 12.1 Å². The average Bonchev–Trinajstić information content (AvgIpc) is 2.84. The maximum absolute atomic E-state index is 12.0. The lowest BCUT2D eigenvalue weighted by atomic mass is 9.87. The molecule has 19 heavy (non-hydrogen) atoms. The minimum atomic E-state index is -0.331. The molecule has 0 N–H and O–H groups in total. The van der Waals surface area contributed by atoms with Crippen molar-refractivity contribution in [3.8, 4) is 0 Å². The number of aromatic nitrogens is 1. The maximum Gasteiger partial charge on any atom is 0.355 e. The van der Waals surface area contributed by atoms with Crippen molar-refractivity contribution in [1.82, 2.24) is 4.57 Å². The molecule has 5 nitrogen and oxygen atoms in total. The smallest absolute Gasteiger partial charge is 0.355 e. The number of methoxy groups -OCH3 is 1. The van der Waals surface area contributed by atoms with E-state index in [2.05, 4.69) is 0 Å². The Kier molecular flexibility index (Phi) is 4.24. The van der Waals surface area contributed by atoms with E-state index >= 15 is 0 Å². The lowest BCUT2D eigenvalue weighted by Gasteiger charge is -2.27. The largest absolute Gasteiger partial charge is 0.469 e. The molecular formula is C14H19NO4. The third-order valence-electron chi connectivity index (χ3n) is 3.59. The number of esters is 2. The van der Waals surface area contributed by atoms with Crippen LogP contribution in [0.15, 0.2) is 18.3 Å². The van der Waals surface area contributed by atoms with Crippen molar-refractivity contribution in [2.45, 2.75) is 31.8 Å². The molecular weight excluding hydrogens is 246 g/mol. The van der Waals surface area contributed by atoms with Crippen LogP contribution in [0, 0.1) is 5.92 Å². The van der Waals surface area contributed by atoms with Crippen LogP contribution in [0.3, 0.4) is 0 Å². The first-order chi connectivity index (χ1) is 9.11. The summed E-state index contributed by atoms with van der Waals surface area (Å²) in [7, 11) is 3.19. The van der Waals surface area contributed by atoms with Gasteiger partial charge in [-0.15, -0.1) is 0 Å². The number of carbonyl (C=O) groups excluding carboxylic acids is 2. The van der Waals surface area contributed by atoms with Gasteiger partial charge in [0.15, 0.2) is 0 Å². The predicted molar refractivity (Wildman–Crippen MR) is 68.6 cm³/mol. The van der Waals surface area contributed by atoms with Gasteiger partial charge in [0.1, 0.15) is 11.8 Å². The van der Waals surface area contributed by atoms with Crippen molar-refractivity contribution >= 4 is 11.9 Å². The summed E-state index contributed by atoms with van der Waals surface area (Å²) in [5.74, 6) is -0.687. The average molecular weight is 265 g/mol. The van der Waals surface area contributed by atoms with E-state index < -0.39 is 0 Å². The predicted octanol–water partition coefficient (Wildman–Crippen LogP) is 1.91. The molecule has 0 amide bonds. The minimum absolute atomic E-state index is 0.148. The first-order valence-corrected chi connectivity index (χ1v) is 6.52. The molecule has 0 radical (unpaired) electrons. The number of carbonyl (C=O) groups is 2. The molecule has 0 unspecified atom stereocenters. The zero-order valence-electron chi connectivity index (χ0n) is 11.3. The van der Waals surface area contributed by atoms with Crippen molar-refractivity contribution in [3.63, 3.8) is 0 Å². The van der Waals surface area contributed by atoms with E-state index in [-0.39, 0.29) is 24.0 Å². The monoisotopic (exact) mass is 265 g/mol. The Hall–Kier alpha value is -1.78. The van der Waals surface area contributed by atoms with E-state index in [9.17, 15) is 9.59 Å². The molecule has 0 bridgehead atoms. The second kappa shape index (κ2) is 5.91. The van der Waals surface area contributed by atoms with Gasteiger partial charge < -0.3 is 14.0 Å². The summed E-state index contributed by atoms with van der Waals surface area (Å²) >= 11 is 0. The fourth-order valence-electron chi connectivity index (χ4n) is 2.52. The van der Waals surface area contributed by atoms with Crippen LogP contribution in [0.25, 0.3) is 0 Å². The molecule has 2 atom stereocenters. The van der Waals surface area contributed by atoms with E-state index in [4.69, 9.17) is 9.47 Å². The summed E-state index contributed by atoms with van der Waals surface area (Å²) in [6.45, 7) is 0. The Labute approximate surface area is 112 Å². The molecule has 0 aliphatic heterocycles. The number of nitrogens with zero attached hydrogens (tertiary/aromatic N) is 1. The molecule has 0 aromatic carbocycles. The Morgan fingerprint density at radius 2 is 2.16 bits per heavy atom. The van der Waals surface area contributed by atoms with E-state index in [0.717, 1.165) is 19.3 Å². The highest BCUT2D eigenvalue weighted by Gasteiger charge is 2.30. The van der Waals surface area contributed by atoms with Gasteiger partial charge in [-0.2, -0.15) is 0 Å². The van der Waals surface area contributed by atoms with Crippen LogP contribution in [0.4, 0.5) is 0 Å². The highest BCUT2D eigenvalue weighted by Crippen LogP contribution is 2.27. The second-order valence-corrected chi connectivity index (χ2v) is 4.92. The third-order valence-corrected chi connectivity index (χ3v) is 3.59. The molecule has 0 saturated heterocycles. The molecule has 1 aliphatic rings. The van der Waals surface area contributed by atoms with Crippen molar-refractivity contribution in [1.29, 1.82) is 0 Å². The summed E-state index contributed by atoms with van der Waals surface area (Å²) in [6, 6.07) is 3.53. The van der Waals surface area contributed by atoms with Gasteiger partial charge in [0.25, 0.3) is 0 Å². The van der Waals surface area contributed by atoms with Gasteiger partial charge in [0.05, 0.1) is 13.0 Å². The van der Waals surface area contributed by atoms with Crippen LogP contribution in [-0.4, -0.2) is 29.7 Å². The Balaban J connectivity index is 1.94. The lowest BCUT2D eigenvalue weighted by molar-refractivity contribution is -0.148. The number of aryl methyl sites for hydroxylation is 1. The van der Waals surface area contributed by atoms with E-state index in [1.165, 1.54) is 7.11 Å². The topological polar surface area (TPSA) is 57.5 Å². The Morgan fingerprint density at radius 3 is 2.79 bits per heavy atom. The fourth-order valence-corrected chi connectivity index (χ4v) is 2.52. The van der Waals surface area contributed by atoms with Crippen LogP contribution < -0.4 is 0 Å². The van der Waals surface area contributed by atoms with Crippen molar-refractivity contribution in [2.75, 3.05) is 7.11 Å². The molecule has 1 heterocycles. The Morgan fingerprint density at radius 1 is 1.37 bits per heavy atom.